The molecule has 1 fully saturated rings. The van der Waals surface area contributed by atoms with Gasteiger partial charge in [-0.2, -0.15) is 0 Å². The molecule has 1 heterocycles. The Hall–Kier alpha value is -1.09. The van der Waals surface area contributed by atoms with Gasteiger partial charge in [0.25, 0.3) is 0 Å². The first-order valence-electron chi connectivity index (χ1n) is 4.39. The normalized spacial score (nSPS) is 16.8. The predicted molar refractivity (Wildman–Crippen MR) is 48.4 cm³/mol. The zero-order valence-electron chi connectivity index (χ0n) is 7.51. The van der Waals surface area contributed by atoms with E-state index in [4.69, 9.17) is 4.74 Å². The van der Waals surface area contributed by atoms with Gasteiger partial charge in [0, 0.05) is 13.1 Å². The summed E-state index contributed by atoms with van der Waals surface area (Å²) in [7, 11) is 0. The van der Waals surface area contributed by atoms with E-state index in [0.717, 1.165) is 24.4 Å². The highest BCUT2D eigenvalue weighted by molar-refractivity contribution is 5.32. The molecule has 1 aromatic carbocycles. The summed E-state index contributed by atoms with van der Waals surface area (Å²) in [4.78, 5) is 0. The van der Waals surface area contributed by atoms with Gasteiger partial charge in [0.1, 0.15) is 17.7 Å². The second-order valence-corrected chi connectivity index (χ2v) is 3.31. The molecule has 1 N–H and O–H groups in total. The minimum atomic E-state index is -0.211. The Morgan fingerprint density at radius 2 is 2.23 bits per heavy atom. The average molecular weight is 181 g/mol. The monoisotopic (exact) mass is 181 g/mol. The summed E-state index contributed by atoms with van der Waals surface area (Å²) in [5, 5.41) is 3.11. The number of benzene rings is 1. The second-order valence-electron chi connectivity index (χ2n) is 3.31. The van der Waals surface area contributed by atoms with Gasteiger partial charge >= 0.3 is 0 Å². The lowest BCUT2D eigenvalue weighted by atomic mass is 10.2. The minimum Gasteiger partial charge on any atom is -0.487 e. The fraction of sp³-hybridized carbons (Fsp3) is 0.400. The molecule has 0 bridgehead atoms. The Labute approximate surface area is 76.7 Å². The molecule has 3 heteroatoms. The fourth-order valence-electron chi connectivity index (χ4n) is 1.27. The highest BCUT2D eigenvalue weighted by Crippen LogP contribution is 2.20. The van der Waals surface area contributed by atoms with Gasteiger partial charge in [-0.1, -0.05) is 0 Å². The van der Waals surface area contributed by atoms with Crippen molar-refractivity contribution in [2.24, 2.45) is 0 Å². The van der Waals surface area contributed by atoms with Crippen molar-refractivity contribution in [1.82, 2.24) is 5.32 Å². The SMILES string of the molecule is Cc1cc(F)ccc1OC1CNC1. The Morgan fingerprint density at radius 3 is 2.77 bits per heavy atom. The van der Waals surface area contributed by atoms with E-state index in [0.29, 0.717) is 0 Å². The van der Waals surface area contributed by atoms with Crippen LogP contribution in [0, 0.1) is 12.7 Å². The van der Waals surface area contributed by atoms with E-state index >= 15 is 0 Å². The van der Waals surface area contributed by atoms with Gasteiger partial charge in [0.15, 0.2) is 0 Å². The Bertz CT molecular complexity index is 310. The lowest BCUT2D eigenvalue weighted by Gasteiger charge is -2.28. The maximum Gasteiger partial charge on any atom is 0.123 e. The minimum absolute atomic E-state index is 0.211. The average Bonchev–Trinajstić information content (AvgIpc) is 1.99. The molecule has 13 heavy (non-hydrogen) atoms. The number of rotatable bonds is 2. The number of hydrogen-bond acceptors (Lipinski definition) is 2. The predicted octanol–water partition coefficient (Wildman–Crippen LogP) is 1.48. The number of ether oxygens (including phenoxy) is 1. The van der Waals surface area contributed by atoms with E-state index in [-0.39, 0.29) is 11.9 Å². The van der Waals surface area contributed by atoms with Gasteiger partial charge in [0.05, 0.1) is 0 Å². The van der Waals surface area contributed by atoms with Gasteiger partial charge in [-0.3, -0.25) is 0 Å². The maximum atomic E-state index is 12.7. The first-order chi connectivity index (χ1) is 6.25. The van der Waals surface area contributed by atoms with Crippen LogP contribution >= 0.6 is 0 Å². The first-order valence-corrected chi connectivity index (χ1v) is 4.39. The van der Waals surface area contributed by atoms with Gasteiger partial charge in [-0.15, -0.1) is 0 Å². The van der Waals surface area contributed by atoms with Crippen molar-refractivity contribution in [2.45, 2.75) is 13.0 Å². The van der Waals surface area contributed by atoms with E-state index < -0.39 is 0 Å². The molecular weight excluding hydrogens is 169 g/mol. The van der Waals surface area contributed by atoms with E-state index in [9.17, 15) is 4.39 Å². The van der Waals surface area contributed by atoms with E-state index in [1.165, 1.54) is 12.1 Å². The van der Waals surface area contributed by atoms with Crippen molar-refractivity contribution >= 4 is 0 Å². The highest BCUT2D eigenvalue weighted by atomic mass is 19.1. The van der Waals surface area contributed by atoms with Crippen molar-refractivity contribution in [3.63, 3.8) is 0 Å². The van der Waals surface area contributed by atoms with E-state index in [2.05, 4.69) is 5.32 Å². The summed E-state index contributed by atoms with van der Waals surface area (Å²) in [6, 6.07) is 4.60. The van der Waals surface area contributed by atoms with Crippen LogP contribution in [0.5, 0.6) is 5.75 Å². The largest absolute Gasteiger partial charge is 0.487 e. The van der Waals surface area contributed by atoms with Crippen LogP contribution < -0.4 is 10.1 Å². The Balaban J connectivity index is 2.10. The number of aryl methyl sites for hydroxylation is 1. The molecular formula is C10H12FNO. The Kier molecular flexibility index (Phi) is 2.19. The molecule has 1 aromatic rings. The number of hydrogen-bond donors (Lipinski definition) is 1. The fourth-order valence-corrected chi connectivity index (χ4v) is 1.27. The summed E-state index contributed by atoms with van der Waals surface area (Å²) < 4.78 is 18.3. The zero-order chi connectivity index (χ0) is 9.26. The van der Waals surface area contributed by atoms with Crippen LogP contribution in [0.3, 0.4) is 0 Å². The summed E-state index contributed by atoms with van der Waals surface area (Å²) in [5.74, 6) is 0.574. The second kappa shape index (κ2) is 3.34. The summed E-state index contributed by atoms with van der Waals surface area (Å²) in [5.41, 5.74) is 0.854. The smallest absolute Gasteiger partial charge is 0.123 e. The molecule has 0 aliphatic carbocycles. The lowest BCUT2D eigenvalue weighted by Crippen LogP contribution is -2.50. The summed E-state index contributed by atoms with van der Waals surface area (Å²) in [6.07, 6.45) is 0.254. The molecule has 1 aliphatic rings. The van der Waals surface area contributed by atoms with Crippen molar-refractivity contribution in [2.75, 3.05) is 13.1 Å². The third-order valence-electron chi connectivity index (χ3n) is 2.17. The molecule has 0 atom stereocenters. The molecule has 0 aromatic heterocycles. The van der Waals surface area contributed by atoms with E-state index in [1.54, 1.807) is 6.07 Å². The molecule has 2 nitrogen and oxygen atoms in total. The van der Waals surface area contributed by atoms with Gasteiger partial charge in [-0.25, -0.2) is 4.39 Å². The van der Waals surface area contributed by atoms with Crippen LogP contribution in [0.1, 0.15) is 5.56 Å². The highest BCUT2D eigenvalue weighted by Gasteiger charge is 2.18. The molecule has 0 radical (unpaired) electrons. The third kappa shape index (κ3) is 1.80. The van der Waals surface area contributed by atoms with Crippen molar-refractivity contribution in [3.05, 3.63) is 29.6 Å². The lowest BCUT2D eigenvalue weighted by molar-refractivity contribution is 0.141. The van der Waals surface area contributed by atoms with Crippen molar-refractivity contribution in [1.29, 1.82) is 0 Å². The van der Waals surface area contributed by atoms with Crippen LogP contribution in [0.25, 0.3) is 0 Å². The maximum absolute atomic E-state index is 12.7. The quantitative estimate of drug-likeness (QED) is 0.746. The van der Waals surface area contributed by atoms with E-state index in [1.807, 2.05) is 6.92 Å². The van der Waals surface area contributed by atoms with Crippen LogP contribution in [0.2, 0.25) is 0 Å². The van der Waals surface area contributed by atoms with Crippen LogP contribution in [0.15, 0.2) is 18.2 Å². The topological polar surface area (TPSA) is 21.3 Å². The molecule has 0 amide bonds. The molecule has 0 spiro atoms. The van der Waals surface area contributed by atoms with Crippen LogP contribution in [-0.2, 0) is 0 Å². The molecule has 70 valence electrons. The third-order valence-corrected chi connectivity index (χ3v) is 2.17. The number of nitrogens with one attached hydrogen (secondary N) is 1. The molecule has 0 saturated carbocycles. The first kappa shape index (κ1) is 8.51. The van der Waals surface area contributed by atoms with Crippen molar-refractivity contribution < 1.29 is 9.13 Å². The van der Waals surface area contributed by atoms with Gasteiger partial charge in [0.2, 0.25) is 0 Å². The zero-order valence-corrected chi connectivity index (χ0v) is 7.51. The molecule has 0 unspecified atom stereocenters. The summed E-state index contributed by atoms with van der Waals surface area (Å²) >= 11 is 0. The molecule has 1 saturated heterocycles. The van der Waals surface area contributed by atoms with Crippen LogP contribution in [0.4, 0.5) is 4.39 Å². The van der Waals surface area contributed by atoms with Crippen molar-refractivity contribution in [3.8, 4) is 5.75 Å². The molecule has 1 aliphatic heterocycles. The Morgan fingerprint density at radius 1 is 1.46 bits per heavy atom. The standard InChI is InChI=1S/C10H12FNO/c1-7-4-8(11)2-3-10(7)13-9-5-12-6-9/h2-4,9,12H,5-6H2,1H3. The van der Waals surface area contributed by atoms with Gasteiger partial charge in [-0.05, 0) is 30.7 Å². The molecule has 2 rings (SSSR count). The number of halogens is 1. The summed E-state index contributed by atoms with van der Waals surface area (Å²) in [6.45, 7) is 3.62. The van der Waals surface area contributed by atoms with Gasteiger partial charge < -0.3 is 10.1 Å². The van der Waals surface area contributed by atoms with Crippen LogP contribution in [-0.4, -0.2) is 19.2 Å².